The third kappa shape index (κ3) is 3.40. The zero-order chi connectivity index (χ0) is 17.1. The van der Waals surface area contributed by atoms with Crippen LogP contribution in [0.2, 0.25) is 0 Å². The molecule has 0 aliphatic carbocycles. The Morgan fingerprint density at radius 1 is 1.29 bits per heavy atom. The summed E-state index contributed by atoms with van der Waals surface area (Å²) in [6, 6.07) is 14.3. The fraction of sp³-hybridized carbons (Fsp3) is 0.263. The Morgan fingerprint density at radius 2 is 2.04 bits per heavy atom. The molecule has 5 nitrogen and oxygen atoms in total. The third-order valence-electron chi connectivity index (χ3n) is 4.23. The van der Waals surface area contributed by atoms with Gasteiger partial charge in [0.05, 0.1) is 0 Å². The first-order chi connectivity index (χ1) is 11.5. The van der Waals surface area contributed by atoms with Crippen molar-refractivity contribution >= 4 is 17.2 Å². The van der Waals surface area contributed by atoms with Crippen LogP contribution in [0.15, 0.2) is 54.9 Å². The molecule has 1 aromatic carbocycles. The molecule has 0 fully saturated rings. The van der Waals surface area contributed by atoms with Crippen LogP contribution in [0.5, 0.6) is 0 Å². The summed E-state index contributed by atoms with van der Waals surface area (Å²) in [6.07, 6.45) is 3.68. The Labute approximate surface area is 141 Å². The van der Waals surface area contributed by atoms with Crippen LogP contribution >= 0.6 is 0 Å². The van der Waals surface area contributed by atoms with Gasteiger partial charge in [-0.3, -0.25) is 4.79 Å². The van der Waals surface area contributed by atoms with E-state index < -0.39 is 0 Å². The number of carbonyl (C=O) groups is 1. The fourth-order valence-electron chi connectivity index (χ4n) is 2.58. The summed E-state index contributed by atoms with van der Waals surface area (Å²) in [4.78, 5) is 18.9. The number of aromatic nitrogens is 2. The number of carbonyl (C=O) groups excluding carboxylic acids is 1. The first kappa shape index (κ1) is 16.1. The Morgan fingerprint density at radius 3 is 2.79 bits per heavy atom. The van der Waals surface area contributed by atoms with Crippen LogP contribution < -0.4 is 10.2 Å². The number of hydrogen-bond acceptors (Lipinski definition) is 3. The van der Waals surface area contributed by atoms with Gasteiger partial charge in [-0.05, 0) is 43.7 Å². The Balaban J connectivity index is 1.63. The molecule has 1 atom stereocenters. The van der Waals surface area contributed by atoms with Crippen LogP contribution in [-0.4, -0.2) is 34.9 Å². The number of imidazole rings is 1. The van der Waals surface area contributed by atoms with E-state index in [1.807, 2.05) is 54.9 Å². The molecule has 0 unspecified atom stereocenters. The predicted octanol–water partition coefficient (Wildman–Crippen LogP) is 2.90. The molecule has 0 bridgehead atoms. The lowest BCUT2D eigenvalue weighted by Crippen LogP contribution is -2.40. The molecular weight excluding hydrogens is 300 g/mol. The molecule has 3 aromatic rings. The van der Waals surface area contributed by atoms with E-state index in [2.05, 4.69) is 34.3 Å². The topological polar surface area (TPSA) is 49.6 Å². The molecule has 0 saturated heterocycles. The van der Waals surface area contributed by atoms with Gasteiger partial charge in [-0.1, -0.05) is 18.2 Å². The van der Waals surface area contributed by atoms with Crippen molar-refractivity contribution < 1.29 is 4.79 Å². The molecule has 0 aliphatic rings. The molecular formula is C19H22N4O. The summed E-state index contributed by atoms with van der Waals surface area (Å²) >= 11 is 0. The van der Waals surface area contributed by atoms with Crippen LogP contribution in [0, 0.1) is 6.92 Å². The van der Waals surface area contributed by atoms with Gasteiger partial charge >= 0.3 is 0 Å². The Hall–Kier alpha value is -2.82. The van der Waals surface area contributed by atoms with Crippen molar-refractivity contribution in [2.75, 3.05) is 18.5 Å². The quantitative estimate of drug-likeness (QED) is 0.786. The van der Waals surface area contributed by atoms with Crippen LogP contribution in [0.4, 0.5) is 5.69 Å². The normalized spacial score (nSPS) is 12.1. The minimum Gasteiger partial charge on any atom is -0.370 e. The van der Waals surface area contributed by atoms with Gasteiger partial charge in [0, 0.05) is 37.7 Å². The number of rotatable bonds is 5. The molecule has 2 aromatic heterocycles. The van der Waals surface area contributed by atoms with Gasteiger partial charge in [-0.2, -0.15) is 0 Å². The first-order valence-electron chi connectivity index (χ1n) is 8.06. The number of pyridine rings is 1. The monoisotopic (exact) mass is 322 g/mol. The van der Waals surface area contributed by atoms with Gasteiger partial charge in [-0.25, -0.2) is 4.98 Å². The summed E-state index contributed by atoms with van der Waals surface area (Å²) < 4.78 is 1.86. The van der Waals surface area contributed by atoms with Crippen molar-refractivity contribution in [2.24, 2.45) is 0 Å². The number of amides is 1. The van der Waals surface area contributed by atoms with Gasteiger partial charge in [0.1, 0.15) is 11.3 Å². The van der Waals surface area contributed by atoms with Crippen LogP contribution in [0.25, 0.3) is 5.65 Å². The number of likely N-dealkylation sites (N-methyl/N-ethyl adjacent to an activating group) is 1. The molecule has 0 aliphatic heterocycles. The van der Waals surface area contributed by atoms with E-state index in [1.165, 1.54) is 0 Å². The Kier molecular flexibility index (Phi) is 4.51. The lowest BCUT2D eigenvalue weighted by Gasteiger charge is -2.27. The number of nitrogens with one attached hydrogen (secondary N) is 1. The van der Waals surface area contributed by atoms with Crippen molar-refractivity contribution in [1.82, 2.24) is 14.7 Å². The maximum Gasteiger partial charge on any atom is 0.271 e. The van der Waals surface area contributed by atoms with E-state index in [4.69, 9.17) is 0 Å². The molecule has 1 amide bonds. The zero-order valence-electron chi connectivity index (χ0n) is 14.2. The summed E-state index contributed by atoms with van der Waals surface area (Å²) in [5.41, 5.74) is 3.48. The van der Waals surface area contributed by atoms with E-state index in [0.29, 0.717) is 12.2 Å². The lowest BCUT2D eigenvalue weighted by atomic mass is 10.2. The fourth-order valence-corrected chi connectivity index (χ4v) is 2.58. The highest BCUT2D eigenvalue weighted by molar-refractivity contribution is 5.92. The van der Waals surface area contributed by atoms with E-state index >= 15 is 0 Å². The van der Waals surface area contributed by atoms with Crippen LogP contribution in [0.1, 0.15) is 23.0 Å². The second kappa shape index (κ2) is 6.74. The van der Waals surface area contributed by atoms with Crippen LogP contribution in [0.3, 0.4) is 0 Å². The molecule has 124 valence electrons. The van der Waals surface area contributed by atoms with E-state index in [-0.39, 0.29) is 11.9 Å². The summed E-state index contributed by atoms with van der Waals surface area (Å²) in [5.74, 6) is -0.148. The number of anilines is 1. The molecule has 0 saturated carbocycles. The van der Waals surface area contributed by atoms with Gasteiger partial charge in [0.2, 0.25) is 0 Å². The third-order valence-corrected chi connectivity index (χ3v) is 4.23. The predicted molar refractivity (Wildman–Crippen MR) is 96.6 cm³/mol. The lowest BCUT2D eigenvalue weighted by molar-refractivity contribution is 0.0947. The maximum absolute atomic E-state index is 12.4. The zero-order valence-corrected chi connectivity index (χ0v) is 14.2. The van der Waals surface area contributed by atoms with Crippen molar-refractivity contribution in [3.8, 4) is 0 Å². The number of para-hydroxylation sites is 1. The highest BCUT2D eigenvalue weighted by Crippen LogP contribution is 2.13. The number of benzene rings is 1. The van der Waals surface area contributed by atoms with Crippen molar-refractivity contribution in [3.63, 3.8) is 0 Å². The highest BCUT2D eigenvalue weighted by atomic mass is 16.1. The molecule has 0 spiro atoms. The van der Waals surface area contributed by atoms with E-state index in [0.717, 1.165) is 16.9 Å². The second-order valence-electron chi connectivity index (χ2n) is 6.10. The minimum absolute atomic E-state index is 0.148. The summed E-state index contributed by atoms with van der Waals surface area (Å²) in [7, 11) is 2.03. The van der Waals surface area contributed by atoms with Crippen molar-refractivity contribution in [3.05, 3.63) is 66.1 Å². The number of aryl methyl sites for hydroxylation is 1. The number of hydrogen-bond donors (Lipinski definition) is 1. The molecule has 2 heterocycles. The van der Waals surface area contributed by atoms with Gasteiger partial charge in [-0.15, -0.1) is 0 Å². The molecule has 0 radical (unpaired) electrons. The average molecular weight is 322 g/mol. The molecule has 5 heteroatoms. The summed E-state index contributed by atoms with van der Waals surface area (Å²) in [6.45, 7) is 4.65. The van der Waals surface area contributed by atoms with Crippen molar-refractivity contribution in [2.45, 2.75) is 19.9 Å². The maximum atomic E-state index is 12.4. The minimum atomic E-state index is -0.148. The smallest absolute Gasteiger partial charge is 0.271 e. The van der Waals surface area contributed by atoms with Gasteiger partial charge in [0.15, 0.2) is 0 Å². The van der Waals surface area contributed by atoms with E-state index in [9.17, 15) is 4.79 Å². The first-order valence-corrected chi connectivity index (χ1v) is 8.06. The average Bonchev–Trinajstić information content (AvgIpc) is 3.02. The number of nitrogens with zero attached hydrogens (tertiary/aromatic N) is 3. The largest absolute Gasteiger partial charge is 0.370 e. The molecule has 1 N–H and O–H groups in total. The SMILES string of the molecule is Cc1ccn2cc(C(=O)NC[C@H](C)N(C)c3ccccc3)nc2c1. The van der Waals surface area contributed by atoms with E-state index in [1.54, 1.807) is 6.20 Å². The van der Waals surface area contributed by atoms with Crippen LogP contribution in [-0.2, 0) is 0 Å². The Bertz CT molecular complexity index is 841. The molecule has 3 rings (SSSR count). The van der Waals surface area contributed by atoms with Gasteiger partial charge in [0.25, 0.3) is 5.91 Å². The van der Waals surface area contributed by atoms with Crippen molar-refractivity contribution in [1.29, 1.82) is 0 Å². The summed E-state index contributed by atoms with van der Waals surface area (Å²) in [5, 5.41) is 2.97. The second-order valence-corrected chi connectivity index (χ2v) is 6.10. The highest BCUT2D eigenvalue weighted by Gasteiger charge is 2.14. The molecule has 24 heavy (non-hydrogen) atoms. The number of fused-ring (bicyclic) bond motifs is 1. The van der Waals surface area contributed by atoms with Gasteiger partial charge < -0.3 is 14.6 Å². The standard InChI is InChI=1S/C19H22N4O/c1-14-9-10-23-13-17(21-18(23)11-14)19(24)20-12-15(2)22(3)16-7-5-4-6-8-16/h4-11,13,15H,12H2,1-3H3,(H,20,24)/t15-/m0/s1.